The highest BCUT2D eigenvalue weighted by molar-refractivity contribution is 7.16. The van der Waals surface area contributed by atoms with Crippen molar-refractivity contribution in [3.8, 4) is 0 Å². The number of amides is 1. The molecule has 1 heterocycles. The molecule has 1 atom stereocenters. The van der Waals surface area contributed by atoms with Crippen LogP contribution in [-0.4, -0.2) is 23.5 Å². The Balaban J connectivity index is 2.35. The number of aliphatic carboxylic acids is 1. The first-order valence-corrected chi connectivity index (χ1v) is 6.45. The van der Waals surface area contributed by atoms with Crippen LogP contribution < -0.4 is 5.32 Å². The first kappa shape index (κ1) is 14.0. The summed E-state index contributed by atoms with van der Waals surface area (Å²) in [7, 11) is 0. The van der Waals surface area contributed by atoms with Crippen molar-refractivity contribution in [3.05, 3.63) is 21.3 Å². The fraction of sp³-hybridized carbons (Fsp3) is 0.455. The Kier molecular flexibility index (Phi) is 5.44. The quantitative estimate of drug-likeness (QED) is 0.784. The van der Waals surface area contributed by atoms with Gasteiger partial charge in [-0.15, -0.1) is 11.3 Å². The first-order chi connectivity index (χ1) is 8.00. The van der Waals surface area contributed by atoms with Gasteiger partial charge in [-0.1, -0.05) is 11.6 Å². The van der Waals surface area contributed by atoms with Gasteiger partial charge in [0.15, 0.2) is 0 Å². The molecule has 1 amide bonds. The molecule has 1 unspecified atom stereocenters. The number of nitrogens with one attached hydrogen (secondary N) is 1. The monoisotopic (exact) mass is 275 g/mol. The SMILES string of the molecule is CC(C(=O)NCCCC(=O)O)c1ccc(Cl)s1. The summed E-state index contributed by atoms with van der Waals surface area (Å²) in [6.07, 6.45) is 0.512. The molecule has 4 nitrogen and oxygen atoms in total. The molecule has 94 valence electrons. The maximum atomic E-state index is 11.7. The second kappa shape index (κ2) is 6.61. The van der Waals surface area contributed by atoms with Crippen LogP contribution in [0.1, 0.15) is 30.6 Å². The molecule has 17 heavy (non-hydrogen) atoms. The molecule has 0 aliphatic heterocycles. The molecular weight excluding hydrogens is 262 g/mol. The van der Waals surface area contributed by atoms with Gasteiger partial charge in [-0.3, -0.25) is 9.59 Å². The number of hydrogen-bond donors (Lipinski definition) is 2. The fourth-order valence-electron chi connectivity index (χ4n) is 1.29. The highest BCUT2D eigenvalue weighted by Gasteiger charge is 2.16. The second-order valence-electron chi connectivity index (χ2n) is 3.65. The third-order valence-corrected chi connectivity index (χ3v) is 3.69. The zero-order valence-electron chi connectivity index (χ0n) is 9.40. The van der Waals surface area contributed by atoms with Crippen molar-refractivity contribution >= 4 is 34.8 Å². The predicted octanol–water partition coefficient (Wildman–Crippen LogP) is 2.49. The van der Waals surface area contributed by atoms with Crippen LogP contribution in [0.15, 0.2) is 12.1 Å². The number of thiophene rings is 1. The lowest BCUT2D eigenvalue weighted by Gasteiger charge is -2.09. The zero-order chi connectivity index (χ0) is 12.8. The predicted molar refractivity (Wildman–Crippen MR) is 67.6 cm³/mol. The molecule has 0 radical (unpaired) electrons. The molecule has 1 aromatic heterocycles. The molecule has 0 saturated heterocycles. The van der Waals surface area contributed by atoms with Gasteiger partial charge in [0.2, 0.25) is 5.91 Å². The zero-order valence-corrected chi connectivity index (χ0v) is 11.0. The van der Waals surface area contributed by atoms with Crippen LogP contribution in [0.25, 0.3) is 0 Å². The molecule has 0 bridgehead atoms. The molecule has 0 spiro atoms. The number of rotatable bonds is 6. The average molecular weight is 276 g/mol. The molecular formula is C11H14ClNO3S. The van der Waals surface area contributed by atoms with E-state index in [0.29, 0.717) is 17.3 Å². The minimum atomic E-state index is -0.850. The Morgan fingerprint density at radius 1 is 1.53 bits per heavy atom. The van der Waals surface area contributed by atoms with Gasteiger partial charge < -0.3 is 10.4 Å². The van der Waals surface area contributed by atoms with Gasteiger partial charge in [0.05, 0.1) is 10.3 Å². The van der Waals surface area contributed by atoms with Gasteiger partial charge >= 0.3 is 5.97 Å². The highest BCUT2D eigenvalue weighted by Crippen LogP contribution is 2.27. The Bertz CT molecular complexity index is 405. The Hall–Kier alpha value is -1.07. The molecule has 2 N–H and O–H groups in total. The number of carboxylic acids is 1. The summed E-state index contributed by atoms with van der Waals surface area (Å²) in [6.45, 7) is 2.18. The Morgan fingerprint density at radius 2 is 2.24 bits per heavy atom. The molecule has 6 heteroatoms. The summed E-state index contributed by atoms with van der Waals surface area (Å²) in [5, 5.41) is 11.1. The van der Waals surface area contributed by atoms with Gasteiger partial charge in [-0.2, -0.15) is 0 Å². The van der Waals surface area contributed by atoms with Gasteiger partial charge in [-0.05, 0) is 25.5 Å². The van der Waals surface area contributed by atoms with Crippen LogP contribution in [0.2, 0.25) is 4.34 Å². The third kappa shape index (κ3) is 4.75. The third-order valence-electron chi connectivity index (χ3n) is 2.28. The topological polar surface area (TPSA) is 66.4 Å². The summed E-state index contributed by atoms with van der Waals surface area (Å²) >= 11 is 7.17. The van der Waals surface area contributed by atoms with Gasteiger partial charge in [0, 0.05) is 17.8 Å². The van der Waals surface area contributed by atoms with E-state index in [1.807, 2.05) is 6.07 Å². The van der Waals surface area contributed by atoms with Crippen LogP contribution in [0.4, 0.5) is 0 Å². The molecule has 1 aromatic rings. The van der Waals surface area contributed by atoms with Crippen molar-refractivity contribution in [1.82, 2.24) is 5.32 Å². The lowest BCUT2D eigenvalue weighted by atomic mass is 10.1. The molecule has 0 aliphatic rings. The number of carbonyl (C=O) groups excluding carboxylic acids is 1. The minimum absolute atomic E-state index is 0.0689. The van der Waals surface area contributed by atoms with E-state index in [-0.39, 0.29) is 18.2 Å². The van der Waals surface area contributed by atoms with Crippen LogP contribution in [0.5, 0.6) is 0 Å². The van der Waals surface area contributed by atoms with Crippen LogP contribution in [0, 0.1) is 0 Å². The largest absolute Gasteiger partial charge is 0.481 e. The van der Waals surface area contributed by atoms with E-state index in [9.17, 15) is 9.59 Å². The molecule has 1 rings (SSSR count). The molecule has 0 saturated carbocycles. The highest BCUT2D eigenvalue weighted by atomic mass is 35.5. The van der Waals surface area contributed by atoms with E-state index in [0.717, 1.165) is 4.88 Å². The van der Waals surface area contributed by atoms with E-state index >= 15 is 0 Å². The second-order valence-corrected chi connectivity index (χ2v) is 5.40. The fourth-order valence-corrected chi connectivity index (χ4v) is 2.41. The summed E-state index contributed by atoms with van der Waals surface area (Å²) in [6, 6.07) is 3.59. The van der Waals surface area contributed by atoms with E-state index in [2.05, 4.69) is 5.32 Å². The number of carbonyl (C=O) groups is 2. The van der Waals surface area contributed by atoms with E-state index in [1.54, 1.807) is 13.0 Å². The normalized spacial score (nSPS) is 12.1. The summed E-state index contributed by atoms with van der Waals surface area (Å²) in [4.78, 5) is 22.9. The Labute approximate surface area is 109 Å². The van der Waals surface area contributed by atoms with Crippen LogP contribution in [-0.2, 0) is 9.59 Å². The van der Waals surface area contributed by atoms with Gasteiger partial charge in [-0.25, -0.2) is 0 Å². The molecule has 0 aliphatic carbocycles. The van der Waals surface area contributed by atoms with Gasteiger partial charge in [0.1, 0.15) is 0 Å². The van der Waals surface area contributed by atoms with Crippen molar-refractivity contribution in [2.75, 3.05) is 6.54 Å². The maximum Gasteiger partial charge on any atom is 0.303 e. The number of halogens is 1. The van der Waals surface area contributed by atoms with Crippen molar-refractivity contribution in [2.24, 2.45) is 0 Å². The van der Waals surface area contributed by atoms with E-state index in [1.165, 1.54) is 11.3 Å². The smallest absolute Gasteiger partial charge is 0.303 e. The van der Waals surface area contributed by atoms with Crippen molar-refractivity contribution in [3.63, 3.8) is 0 Å². The van der Waals surface area contributed by atoms with Crippen LogP contribution >= 0.6 is 22.9 Å². The average Bonchev–Trinajstić information content (AvgIpc) is 2.69. The molecule has 0 aromatic carbocycles. The van der Waals surface area contributed by atoms with Crippen LogP contribution in [0.3, 0.4) is 0 Å². The molecule has 0 fully saturated rings. The van der Waals surface area contributed by atoms with Crippen molar-refractivity contribution in [2.45, 2.75) is 25.7 Å². The standard InChI is InChI=1S/C11H14ClNO3S/c1-7(8-4-5-9(12)17-8)11(16)13-6-2-3-10(14)15/h4-5,7H,2-3,6H2,1H3,(H,13,16)(H,14,15). The summed E-state index contributed by atoms with van der Waals surface area (Å²) in [5.74, 6) is -1.21. The maximum absolute atomic E-state index is 11.7. The minimum Gasteiger partial charge on any atom is -0.481 e. The van der Waals surface area contributed by atoms with Crippen molar-refractivity contribution in [1.29, 1.82) is 0 Å². The summed E-state index contributed by atoms with van der Waals surface area (Å²) in [5.41, 5.74) is 0. The van der Waals surface area contributed by atoms with Gasteiger partial charge in [0.25, 0.3) is 0 Å². The van der Waals surface area contributed by atoms with E-state index < -0.39 is 5.97 Å². The Morgan fingerprint density at radius 3 is 2.76 bits per heavy atom. The van der Waals surface area contributed by atoms with E-state index in [4.69, 9.17) is 16.7 Å². The number of carboxylic acid groups (broad SMARTS) is 1. The van der Waals surface area contributed by atoms with Crippen molar-refractivity contribution < 1.29 is 14.7 Å². The lowest BCUT2D eigenvalue weighted by Crippen LogP contribution is -2.28. The number of hydrogen-bond acceptors (Lipinski definition) is 3. The lowest BCUT2D eigenvalue weighted by molar-refractivity contribution is -0.137. The summed E-state index contributed by atoms with van der Waals surface area (Å²) < 4.78 is 0.658. The first-order valence-electron chi connectivity index (χ1n) is 5.25.